The molecule has 0 heterocycles. The van der Waals surface area contributed by atoms with E-state index >= 15 is 0 Å². The van der Waals surface area contributed by atoms with Gasteiger partial charge >= 0.3 is 6.18 Å². The fourth-order valence-corrected chi connectivity index (χ4v) is 1.36. The lowest BCUT2D eigenvalue weighted by Gasteiger charge is -2.12. The lowest BCUT2D eigenvalue weighted by atomic mass is 10.1. The highest BCUT2D eigenvalue weighted by Gasteiger charge is 2.35. The van der Waals surface area contributed by atoms with E-state index in [2.05, 4.69) is 0 Å². The first-order chi connectivity index (χ1) is 5.96. The van der Waals surface area contributed by atoms with Gasteiger partial charge in [0, 0.05) is 6.54 Å². The normalized spacial score (nSPS) is 11.8. The minimum Gasteiger partial charge on any atom is -0.326 e. The smallest absolute Gasteiger partial charge is 0.326 e. The van der Waals surface area contributed by atoms with Crippen molar-refractivity contribution in [1.29, 1.82) is 0 Å². The van der Waals surface area contributed by atoms with E-state index in [1.165, 1.54) is 18.2 Å². The number of rotatable bonds is 1. The van der Waals surface area contributed by atoms with Crippen LogP contribution < -0.4 is 5.73 Å². The van der Waals surface area contributed by atoms with Crippen LogP contribution in [0.25, 0.3) is 0 Å². The van der Waals surface area contributed by atoms with Gasteiger partial charge in [0.2, 0.25) is 0 Å². The molecule has 1 aromatic carbocycles. The zero-order chi connectivity index (χ0) is 10.1. The van der Waals surface area contributed by atoms with Gasteiger partial charge in [0.05, 0.1) is 10.6 Å². The van der Waals surface area contributed by atoms with Gasteiger partial charge in [-0.05, 0) is 11.6 Å². The minimum atomic E-state index is -4.44. The fraction of sp³-hybridized carbons (Fsp3) is 0.250. The van der Waals surface area contributed by atoms with Crippen molar-refractivity contribution in [2.75, 3.05) is 0 Å². The quantitative estimate of drug-likeness (QED) is 0.756. The molecule has 13 heavy (non-hydrogen) atoms. The molecule has 0 amide bonds. The maximum atomic E-state index is 12.4. The Labute approximate surface area is 78.3 Å². The van der Waals surface area contributed by atoms with Crippen molar-refractivity contribution in [3.05, 3.63) is 34.3 Å². The van der Waals surface area contributed by atoms with Gasteiger partial charge in [-0.25, -0.2) is 0 Å². The predicted octanol–water partition coefficient (Wildman–Crippen LogP) is 2.82. The number of benzene rings is 1. The zero-order valence-corrected chi connectivity index (χ0v) is 7.28. The molecule has 0 saturated carbocycles. The molecule has 0 spiro atoms. The molecule has 0 aliphatic carbocycles. The Morgan fingerprint density at radius 2 is 1.92 bits per heavy atom. The standard InChI is InChI=1S/C8H7ClF3N/c9-6-3-1-2-5(4-13)7(6)8(10,11)12/h1-3H,4,13H2. The molecule has 2 N–H and O–H groups in total. The summed E-state index contributed by atoms with van der Waals surface area (Å²) in [6.07, 6.45) is -4.44. The van der Waals surface area contributed by atoms with Gasteiger partial charge in [-0.2, -0.15) is 13.2 Å². The van der Waals surface area contributed by atoms with Crippen LogP contribution >= 0.6 is 11.6 Å². The molecule has 0 aromatic heterocycles. The van der Waals surface area contributed by atoms with Crippen LogP contribution in [-0.4, -0.2) is 0 Å². The molecule has 1 nitrogen and oxygen atoms in total. The first-order valence-corrected chi connectivity index (χ1v) is 3.89. The summed E-state index contributed by atoms with van der Waals surface area (Å²) in [4.78, 5) is 0. The van der Waals surface area contributed by atoms with Crippen molar-refractivity contribution in [1.82, 2.24) is 0 Å². The van der Waals surface area contributed by atoms with Crippen molar-refractivity contribution in [2.24, 2.45) is 5.73 Å². The van der Waals surface area contributed by atoms with Crippen molar-refractivity contribution >= 4 is 11.6 Å². The number of alkyl halides is 3. The molecule has 5 heteroatoms. The molecular formula is C8H7ClF3N. The average Bonchev–Trinajstić information content (AvgIpc) is 2.01. The highest BCUT2D eigenvalue weighted by Crippen LogP contribution is 2.36. The maximum Gasteiger partial charge on any atom is 0.418 e. The molecule has 1 rings (SSSR count). The average molecular weight is 210 g/mol. The first-order valence-electron chi connectivity index (χ1n) is 3.51. The van der Waals surface area contributed by atoms with Gasteiger partial charge in [0.15, 0.2) is 0 Å². The molecule has 0 saturated heterocycles. The number of hydrogen-bond donors (Lipinski definition) is 1. The van der Waals surface area contributed by atoms with Crippen LogP contribution in [0.15, 0.2) is 18.2 Å². The largest absolute Gasteiger partial charge is 0.418 e. The fourth-order valence-electron chi connectivity index (χ4n) is 1.06. The molecule has 0 fully saturated rings. The van der Waals surface area contributed by atoms with E-state index in [1.54, 1.807) is 0 Å². The number of hydrogen-bond acceptors (Lipinski definition) is 1. The Hall–Kier alpha value is -0.740. The summed E-state index contributed by atoms with van der Waals surface area (Å²) in [6, 6.07) is 3.96. The molecule has 0 atom stereocenters. The third-order valence-electron chi connectivity index (χ3n) is 1.60. The van der Waals surface area contributed by atoms with Crippen LogP contribution in [-0.2, 0) is 12.7 Å². The molecule has 0 aliphatic rings. The molecule has 72 valence electrons. The lowest BCUT2D eigenvalue weighted by Crippen LogP contribution is -2.12. The van der Waals surface area contributed by atoms with Crippen LogP contribution in [0.5, 0.6) is 0 Å². The Bertz CT molecular complexity index is 309. The Balaban J connectivity index is 3.32. The van der Waals surface area contributed by atoms with Gasteiger partial charge < -0.3 is 5.73 Å². The predicted molar refractivity (Wildman–Crippen MR) is 44.3 cm³/mol. The van der Waals surface area contributed by atoms with Crippen LogP contribution in [0.3, 0.4) is 0 Å². The maximum absolute atomic E-state index is 12.4. The minimum absolute atomic E-state index is 0.0139. The van der Waals surface area contributed by atoms with Crippen molar-refractivity contribution < 1.29 is 13.2 Å². The summed E-state index contributed by atoms with van der Waals surface area (Å²) in [5.74, 6) is 0. The second kappa shape index (κ2) is 3.55. The molecule has 0 unspecified atom stereocenters. The third kappa shape index (κ3) is 2.14. The Morgan fingerprint density at radius 3 is 2.31 bits per heavy atom. The zero-order valence-electron chi connectivity index (χ0n) is 6.53. The SMILES string of the molecule is NCc1cccc(Cl)c1C(F)(F)F. The highest BCUT2D eigenvalue weighted by atomic mass is 35.5. The summed E-state index contributed by atoms with van der Waals surface area (Å²) >= 11 is 5.42. The van der Waals surface area contributed by atoms with Gasteiger partial charge in [-0.1, -0.05) is 23.7 Å². The van der Waals surface area contributed by atoms with Gasteiger partial charge in [-0.3, -0.25) is 0 Å². The second-order valence-electron chi connectivity index (χ2n) is 2.48. The summed E-state index contributed by atoms with van der Waals surface area (Å²) in [7, 11) is 0. The van der Waals surface area contributed by atoms with E-state index in [-0.39, 0.29) is 17.1 Å². The number of nitrogens with two attached hydrogens (primary N) is 1. The van der Waals surface area contributed by atoms with Crippen LogP contribution in [0.4, 0.5) is 13.2 Å². The molecule has 0 bridgehead atoms. The highest BCUT2D eigenvalue weighted by molar-refractivity contribution is 6.31. The van der Waals surface area contributed by atoms with Crippen LogP contribution in [0.1, 0.15) is 11.1 Å². The van der Waals surface area contributed by atoms with E-state index in [0.717, 1.165) is 0 Å². The van der Waals surface area contributed by atoms with E-state index in [4.69, 9.17) is 17.3 Å². The van der Waals surface area contributed by atoms with E-state index < -0.39 is 11.7 Å². The van der Waals surface area contributed by atoms with Gasteiger partial charge in [-0.15, -0.1) is 0 Å². The van der Waals surface area contributed by atoms with Gasteiger partial charge in [0.25, 0.3) is 0 Å². The van der Waals surface area contributed by atoms with Gasteiger partial charge in [0.1, 0.15) is 0 Å². The van der Waals surface area contributed by atoms with Crippen LogP contribution in [0, 0.1) is 0 Å². The summed E-state index contributed by atoms with van der Waals surface area (Å²) in [5.41, 5.74) is 4.34. The van der Waals surface area contributed by atoms with Crippen LogP contribution in [0.2, 0.25) is 5.02 Å². The molecular weight excluding hydrogens is 203 g/mol. The third-order valence-corrected chi connectivity index (χ3v) is 1.92. The Morgan fingerprint density at radius 1 is 1.31 bits per heavy atom. The van der Waals surface area contributed by atoms with E-state index in [1.807, 2.05) is 0 Å². The molecule has 0 aliphatic heterocycles. The first kappa shape index (κ1) is 10.3. The molecule has 0 radical (unpaired) electrons. The topological polar surface area (TPSA) is 26.0 Å². The second-order valence-corrected chi connectivity index (χ2v) is 2.88. The summed E-state index contributed by atoms with van der Waals surface area (Å²) in [5, 5.41) is -0.310. The molecule has 1 aromatic rings. The van der Waals surface area contributed by atoms with E-state index in [0.29, 0.717) is 0 Å². The number of halogens is 4. The monoisotopic (exact) mass is 209 g/mol. The lowest BCUT2D eigenvalue weighted by molar-refractivity contribution is -0.138. The van der Waals surface area contributed by atoms with Crippen molar-refractivity contribution in [2.45, 2.75) is 12.7 Å². The Kier molecular flexibility index (Phi) is 2.83. The van der Waals surface area contributed by atoms with E-state index in [9.17, 15) is 13.2 Å². The summed E-state index contributed by atoms with van der Waals surface area (Å²) < 4.78 is 37.1. The van der Waals surface area contributed by atoms with Crippen molar-refractivity contribution in [3.63, 3.8) is 0 Å². The summed E-state index contributed by atoms with van der Waals surface area (Å²) in [6.45, 7) is -0.171. The van der Waals surface area contributed by atoms with Crippen molar-refractivity contribution in [3.8, 4) is 0 Å².